The summed E-state index contributed by atoms with van der Waals surface area (Å²) < 4.78 is 5.52. The van der Waals surface area contributed by atoms with Gasteiger partial charge in [-0.15, -0.1) is 5.10 Å². The van der Waals surface area contributed by atoms with Crippen molar-refractivity contribution < 1.29 is 4.74 Å². The average molecular weight is 286 g/mol. The van der Waals surface area contributed by atoms with Gasteiger partial charge in [-0.1, -0.05) is 35.9 Å². The molecule has 0 aliphatic carbocycles. The molecule has 2 aromatic carbocycles. The van der Waals surface area contributed by atoms with E-state index < -0.39 is 0 Å². The number of nitrogens with one attached hydrogen (secondary N) is 1. The second kappa shape index (κ2) is 5.35. The van der Waals surface area contributed by atoms with Crippen LogP contribution in [0, 0.1) is 6.92 Å². The smallest absolute Gasteiger partial charge is 0.258 e. The molecule has 0 unspecified atom stereocenters. The van der Waals surface area contributed by atoms with Crippen molar-refractivity contribution in [2.24, 2.45) is 0 Å². The van der Waals surface area contributed by atoms with E-state index in [1.165, 1.54) is 6.20 Å². The van der Waals surface area contributed by atoms with Crippen molar-refractivity contribution >= 4 is 11.6 Å². The first-order chi connectivity index (χ1) is 9.72. The highest BCUT2D eigenvalue weighted by Gasteiger charge is 2.03. The van der Waals surface area contributed by atoms with Gasteiger partial charge in [0, 0.05) is 5.02 Å². The molecular weight excluding hydrogens is 274 g/mol. The molecule has 0 saturated carbocycles. The molecule has 5 heteroatoms. The number of H-pyrrole nitrogens is 1. The van der Waals surface area contributed by atoms with E-state index in [1.54, 1.807) is 0 Å². The Morgan fingerprint density at radius 1 is 1.05 bits per heavy atom. The van der Waals surface area contributed by atoms with E-state index in [9.17, 15) is 0 Å². The SMILES string of the molecule is Cc1ccc(-c2ccc(Oc3cn[nH]n3)cc2)cc1Cl. The van der Waals surface area contributed by atoms with Crippen LogP contribution in [0.2, 0.25) is 5.02 Å². The third-order valence-electron chi connectivity index (χ3n) is 2.97. The summed E-state index contributed by atoms with van der Waals surface area (Å²) in [7, 11) is 0. The molecule has 0 fully saturated rings. The van der Waals surface area contributed by atoms with Crippen molar-refractivity contribution in [1.82, 2.24) is 15.4 Å². The number of nitrogens with zero attached hydrogens (tertiary/aromatic N) is 2. The van der Waals surface area contributed by atoms with Crippen LogP contribution in [-0.4, -0.2) is 15.4 Å². The van der Waals surface area contributed by atoms with E-state index in [-0.39, 0.29) is 0 Å². The summed E-state index contributed by atoms with van der Waals surface area (Å²) in [4.78, 5) is 0. The van der Waals surface area contributed by atoms with Gasteiger partial charge >= 0.3 is 0 Å². The lowest BCUT2D eigenvalue weighted by Crippen LogP contribution is -1.85. The van der Waals surface area contributed by atoms with Crippen LogP contribution in [0.4, 0.5) is 0 Å². The number of rotatable bonds is 3. The Bertz CT molecular complexity index is 708. The van der Waals surface area contributed by atoms with E-state index in [0.717, 1.165) is 21.7 Å². The molecule has 4 nitrogen and oxygen atoms in total. The lowest BCUT2D eigenvalue weighted by molar-refractivity contribution is 0.461. The molecule has 0 amide bonds. The summed E-state index contributed by atoms with van der Waals surface area (Å²) in [5.74, 6) is 1.15. The molecule has 0 atom stereocenters. The van der Waals surface area contributed by atoms with Crippen molar-refractivity contribution in [3.63, 3.8) is 0 Å². The number of ether oxygens (including phenoxy) is 1. The maximum atomic E-state index is 6.15. The summed E-state index contributed by atoms with van der Waals surface area (Å²) >= 11 is 6.15. The van der Waals surface area contributed by atoms with Crippen LogP contribution in [0.1, 0.15) is 5.56 Å². The van der Waals surface area contributed by atoms with Crippen LogP contribution < -0.4 is 4.74 Å². The lowest BCUT2D eigenvalue weighted by Gasteiger charge is -2.06. The molecule has 3 aromatic rings. The number of hydrogen-bond acceptors (Lipinski definition) is 3. The summed E-state index contributed by atoms with van der Waals surface area (Å²) in [6.45, 7) is 1.99. The molecule has 0 aliphatic rings. The van der Waals surface area contributed by atoms with Crippen LogP contribution in [0.5, 0.6) is 11.6 Å². The van der Waals surface area contributed by atoms with Crippen LogP contribution in [0.25, 0.3) is 11.1 Å². The predicted molar refractivity (Wildman–Crippen MR) is 78.1 cm³/mol. The van der Waals surface area contributed by atoms with Gasteiger partial charge in [-0.3, -0.25) is 0 Å². The van der Waals surface area contributed by atoms with Gasteiger partial charge < -0.3 is 4.74 Å². The van der Waals surface area contributed by atoms with Crippen molar-refractivity contribution in [2.45, 2.75) is 6.92 Å². The number of aromatic nitrogens is 3. The summed E-state index contributed by atoms with van der Waals surface area (Å²) in [5.41, 5.74) is 3.23. The molecule has 3 rings (SSSR count). The molecule has 20 heavy (non-hydrogen) atoms. The first kappa shape index (κ1) is 12.7. The Morgan fingerprint density at radius 3 is 2.45 bits per heavy atom. The Balaban J connectivity index is 1.83. The summed E-state index contributed by atoms with van der Waals surface area (Å²) in [5, 5.41) is 10.8. The minimum absolute atomic E-state index is 0.441. The van der Waals surface area contributed by atoms with Gasteiger partial charge in [0.1, 0.15) is 11.9 Å². The number of aromatic amines is 1. The summed E-state index contributed by atoms with van der Waals surface area (Å²) in [6, 6.07) is 13.8. The van der Waals surface area contributed by atoms with Gasteiger partial charge in [0.05, 0.1) is 0 Å². The fourth-order valence-electron chi connectivity index (χ4n) is 1.85. The Morgan fingerprint density at radius 2 is 1.80 bits per heavy atom. The molecule has 0 radical (unpaired) electrons. The quantitative estimate of drug-likeness (QED) is 0.783. The zero-order chi connectivity index (χ0) is 13.9. The maximum absolute atomic E-state index is 6.15. The monoisotopic (exact) mass is 285 g/mol. The predicted octanol–water partition coefficient (Wildman–Crippen LogP) is 4.23. The minimum Gasteiger partial charge on any atom is -0.436 e. The van der Waals surface area contributed by atoms with Crippen LogP contribution in [0.3, 0.4) is 0 Å². The second-order valence-corrected chi connectivity index (χ2v) is 4.81. The molecule has 1 N–H and O–H groups in total. The van der Waals surface area contributed by atoms with Gasteiger partial charge in [0.25, 0.3) is 5.88 Å². The number of benzene rings is 2. The largest absolute Gasteiger partial charge is 0.436 e. The van der Waals surface area contributed by atoms with Gasteiger partial charge in [0.2, 0.25) is 0 Å². The third-order valence-corrected chi connectivity index (χ3v) is 3.38. The first-order valence-corrected chi connectivity index (χ1v) is 6.50. The topological polar surface area (TPSA) is 50.8 Å². The third kappa shape index (κ3) is 2.65. The van der Waals surface area contributed by atoms with E-state index in [1.807, 2.05) is 43.3 Å². The molecule has 0 aliphatic heterocycles. The first-order valence-electron chi connectivity index (χ1n) is 6.12. The van der Waals surface area contributed by atoms with Crippen LogP contribution in [-0.2, 0) is 0 Å². The molecule has 0 bridgehead atoms. The molecule has 1 heterocycles. The Labute approximate surface area is 121 Å². The van der Waals surface area contributed by atoms with Crippen molar-refractivity contribution in [1.29, 1.82) is 0 Å². The molecule has 0 saturated heterocycles. The average Bonchev–Trinajstić information content (AvgIpc) is 2.96. The van der Waals surface area contributed by atoms with Crippen LogP contribution in [0.15, 0.2) is 48.7 Å². The molecular formula is C15H12ClN3O. The standard InChI is InChI=1S/C15H12ClN3O/c1-10-2-3-12(8-14(10)16)11-4-6-13(7-5-11)20-15-9-17-19-18-15/h2-9H,1H3,(H,17,18,19). The highest BCUT2D eigenvalue weighted by Crippen LogP contribution is 2.27. The highest BCUT2D eigenvalue weighted by atomic mass is 35.5. The Hall–Kier alpha value is -2.33. The highest BCUT2D eigenvalue weighted by molar-refractivity contribution is 6.31. The van der Waals surface area contributed by atoms with E-state index in [4.69, 9.17) is 16.3 Å². The van der Waals surface area contributed by atoms with Gasteiger partial charge in [-0.05, 0) is 41.8 Å². The van der Waals surface area contributed by atoms with E-state index in [2.05, 4.69) is 21.5 Å². The van der Waals surface area contributed by atoms with Crippen molar-refractivity contribution in [3.8, 4) is 22.8 Å². The van der Waals surface area contributed by atoms with Gasteiger partial charge in [0.15, 0.2) is 0 Å². The minimum atomic E-state index is 0.441. The van der Waals surface area contributed by atoms with Gasteiger partial charge in [-0.25, -0.2) is 0 Å². The molecule has 0 spiro atoms. The number of hydrogen-bond donors (Lipinski definition) is 1. The van der Waals surface area contributed by atoms with Crippen molar-refractivity contribution in [3.05, 3.63) is 59.2 Å². The summed E-state index contributed by atoms with van der Waals surface area (Å²) in [6.07, 6.45) is 1.52. The zero-order valence-electron chi connectivity index (χ0n) is 10.8. The van der Waals surface area contributed by atoms with Crippen LogP contribution >= 0.6 is 11.6 Å². The fraction of sp³-hybridized carbons (Fsp3) is 0.0667. The molecule has 1 aromatic heterocycles. The van der Waals surface area contributed by atoms with E-state index >= 15 is 0 Å². The normalized spacial score (nSPS) is 10.5. The maximum Gasteiger partial charge on any atom is 0.258 e. The zero-order valence-corrected chi connectivity index (χ0v) is 11.6. The number of aryl methyl sites for hydroxylation is 1. The van der Waals surface area contributed by atoms with Crippen molar-refractivity contribution in [2.75, 3.05) is 0 Å². The van der Waals surface area contributed by atoms with E-state index in [0.29, 0.717) is 11.6 Å². The van der Waals surface area contributed by atoms with Gasteiger partial charge in [-0.2, -0.15) is 10.3 Å². The fourth-order valence-corrected chi connectivity index (χ4v) is 2.03. The lowest BCUT2D eigenvalue weighted by atomic mass is 10.0. The molecule has 100 valence electrons. The number of halogens is 1. The second-order valence-electron chi connectivity index (χ2n) is 4.40. The Kier molecular flexibility index (Phi) is 3.39.